The number of carbonyl (C=O) groups excluding carboxylic acids is 2. The molecule has 0 aliphatic carbocycles. The minimum Gasteiger partial charge on any atom is -0.450 e. The van der Waals surface area contributed by atoms with Gasteiger partial charge < -0.3 is 15.0 Å². The summed E-state index contributed by atoms with van der Waals surface area (Å²) >= 11 is 5.98. The zero-order valence-corrected chi connectivity index (χ0v) is 15.0. The van der Waals surface area contributed by atoms with E-state index in [4.69, 9.17) is 21.6 Å². The lowest BCUT2D eigenvalue weighted by Gasteiger charge is -2.36. The fourth-order valence-corrected chi connectivity index (χ4v) is 2.83. The van der Waals surface area contributed by atoms with E-state index in [2.05, 4.69) is 5.32 Å². The number of hydrogen-bond acceptors (Lipinski definition) is 5. The quantitative estimate of drug-likeness (QED) is 0.886. The van der Waals surface area contributed by atoms with Crippen LogP contribution in [0.3, 0.4) is 0 Å². The average Bonchev–Trinajstić information content (AvgIpc) is 2.61. The molecule has 0 aromatic heterocycles. The first-order chi connectivity index (χ1) is 12.0. The normalized spacial score (nSPS) is 16.0. The molecule has 25 heavy (non-hydrogen) atoms. The molecule has 0 bridgehead atoms. The third-order valence-electron chi connectivity index (χ3n) is 4.12. The summed E-state index contributed by atoms with van der Waals surface area (Å²) < 4.78 is 4.99. The second-order valence-corrected chi connectivity index (χ2v) is 6.10. The van der Waals surface area contributed by atoms with Crippen LogP contribution in [0, 0.1) is 11.3 Å². The van der Waals surface area contributed by atoms with Gasteiger partial charge in [0.15, 0.2) is 0 Å². The molecule has 1 fully saturated rings. The Balaban J connectivity index is 1.90. The van der Waals surface area contributed by atoms with Crippen LogP contribution >= 0.6 is 11.6 Å². The van der Waals surface area contributed by atoms with Crippen LogP contribution in [-0.2, 0) is 9.53 Å². The Hall–Kier alpha value is -2.30. The maximum Gasteiger partial charge on any atom is 0.409 e. The van der Waals surface area contributed by atoms with E-state index in [-0.39, 0.29) is 18.0 Å². The van der Waals surface area contributed by atoms with Gasteiger partial charge in [0.2, 0.25) is 5.91 Å². The number of hydrogen-bond donors (Lipinski definition) is 1. The lowest BCUT2D eigenvalue weighted by Crippen LogP contribution is -2.54. The molecule has 1 aromatic rings. The molecule has 2 amide bonds. The lowest BCUT2D eigenvalue weighted by atomic mass is 10.2. The number of carbonyl (C=O) groups is 2. The molecule has 1 aliphatic rings. The number of rotatable bonds is 4. The van der Waals surface area contributed by atoms with Gasteiger partial charge in [-0.05, 0) is 32.0 Å². The topological polar surface area (TPSA) is 85.7 Å². The van der Waals surface area contributed by atoms with Gasteiger partial charge in [-0.25, -0.2) is 4.79 Å². The number of piperazine rings is 1. The first-order valence-electron chi connectivity index (χ1n) is 8.12. The fourth-order valence-electron chi connectivity index (χ4n) is 2.60. The summed E-state index contributed by atoms with van der Waals surface area (Å²) in [5.41, 5.74) is 0.911. The number of nitriles is 1. The van der Waals surface area contributed by atoms with E-state index in [1.807, 2.05) is 17.9 Å². The Morgan fingerprint density at radius 2 is 2.04 bits per heavy atom. The summed E-state index contributed by atoms with van der Waals surface area (Å²) in [7, 11) is 0. The van der Waals surface area contributed by atoms with Gasteiger partial charge in [-0.2, -0.15) is 5.26 Å². The fraction of sp³-hybridized carbons (Fsp3) is 0.471. The molecule has 1 aliphatic heterocycles. The predicted octanol–water partition coefficient (Wildman–Crippen LogP) is 2.31. The summed E-state index contributed by atoms with van der Waals surface area (Å²) in [4.78, 5) is 27.8. The van der Waals surface area contributed by atoms with Crippen LogP contribution in [0.15, 0.2) is 18.2 Å². The summed E-state index contributed by atoms with van der Waals surface area (Å²) in [6.45, 7) is 6.20. The second kappa shape index (κ2) is 8.70. The number of ether oxygens (including phenoxy) is 1. The largest absolute Gasteiger partial charge is 0.450 e. The number of nitrogens with one attached hydrogen (secondary N) is 1. The molecule has 0 saturated carbocycles. The zero-order valence-electron chi connectivity index (χ0n) is 14.3. The van der Waals surface area contributed by atoms with E-state index in [9.17, 15) is 9.59 Å². The molecule has 1 heterocycles. The van der Waals surface area contributed by atoms with Gasteiger partial charge >= 0.3 is 6.09 Å². The highest BCUT2D eigenvalue weighted by Crippen LogP contribution is 2.20. The Labute approximate surface area is 152 Å². The molecule has 1 N–H and O–H groups in total. The van der Waals surface area contributed by atoms with Crippen LogP contribution in [0.2, 0.25) is 5.02 Å². The average molecular weight is 365 g/mol. The van der Waals surface area contributed by atoms with E-state index in [0.29, 0.717) is 49.1 Å². The minimum absolute atomic E-state index is 0.162. The maximum atomic E-state index is 12.4. The first kappa shape index (κ1) is 19.0. The van der Waals surface area contributed by atoms with Crippen molar-refractivity contribution in [1.29, 1.82) is 5.26 Å². The highest BCUT2D eigenvalue weighted by atomic mass is 35.5. The summed E-state index contributed by atoms with van der Waals surface area (Å²) in [6.07, 6.45) is -0.313. The van der Waals surface area contributed by atoms with Gasteiger partial charge in [-0.15, -0.1) is 0 Å². The predicted molar refractivity (Wildman–Crippen MR) is 94.4 cm³/mol. The Kier molecular flexibility index (Phi) is 6.62. The molecule has 1 atom stereocenters. The molecular formula is C17H21ClN4O3. The van der Waals surface area contributed by atoms with E-state index in [0.717, 1.165) is 0 Å². The van der Waals surface area contributed by atoms with Crippen LogP contribution in [0.5, 0.6) is 0 Å². The lowest BCUT2D eigenvalue weighted by molar-refractivity contribution is -0.121. The van der Waals surface area contributed by atoms with Gasteiger partial charge in [-0.3, -0.25) is 9.69 Å². The third-order valence-corrected chi connectivity index (χ3v) is 4.44. The molecule has 8 heteroatoms. The van der Waals surface area contributed by atoms with E-state index in [1.54, 1.807) is 30.0 Å². The molecule has 134 valence electrons. The van der Waals surface area contributed by atoms with Gasteiger partial charge in [0.25, 0.3) is 0 Å². The van der Waals surface area contributed by atoms with E-state index in [1.165, 1.54) is 0 Å². The van der Waals surface area contributed by atoms with Gasteiger partial charge in [0, 0.05) is 31.9 Å². The monoisotopic (exact) mass is 364 g/mol. The molecule has 0 spiro atoms. The Morgan fingerprint density at radius 3 is 2.60 bits per heavy atom. The number of anilines is 1. The third kappa shape index (κ3) is 4.84. The van der Waals surface area contributed by atoms with Crippen molar-refractivity contribution in [3.63, 3.8) is 0 Å². The molecule has 1 saturated heterocycles. The Bertz CT molecular complexity index is 681. The standard InChI is InChI=1S/C17H21ClN4O3/c1-3-25-17(24)22-8-6-21(7-9-22)12(2)16(23)20-14-5-4-13(11-19)15(18)10-14/h4-5,10,12H,3,6-9H2,1-2H3,(H,20,23). The zero-order chi connectivity index (χ0) is 18.4. The van der Waals surface area contributed by atoms with Crippen molar-refractivity contribution >= 4 is 29.3 Å². The highest BCUT2D eigenvalue weighted by molar-refractivity contribution is 6.32. The van der Waals surface area contributed by atoms with Gasteiger partial charge in [-0.1, -0.05) is 11.6 Å². The van der Waals surface area contributed by atoms with Crippen molar-refractivity contribution in [1.82, 2.24) is 9.80 Å². The minimum atomic E-state index is -0.348. The van der Waals surface area contributed by atoms with Crippen molar-refractivity contribution in [3.05, 3.63) is 28.8 Å². The summed E-state index contributed by atoms with van der Waals surface area (Å²) in [5.74, 6) is -0.162. The molecule has 1 unspecified atom stereocenters. The van der Waals surface area contributed by atoms with Gasteiger partial charge in [0.05, 0.1) is 23.2 Å². The summed E-state index contributed by atoms with van der Waals surface area (Å²) in [5, 5.41) is 12.0. The van der Waals surface area contributed by atoms with Crippen LogP contribution < -0.4 is 5.32 Å². The SMILES string of the molecule is CCOC(=O)N1CCN(C(C)C(=O)Nc2ccc(C#N)c(Cl)c2)CC1. The molecule has 0 radical (unpaired) electrons. The van der Waals surface area contributed by atoms with Crippen LogP contribution in [0.4, 0.5) is 10.5 Å². The molecular weight excluding hydrogens is 344 g/mol. The van der Waals surface area contributed by atoms with E-state index >= 15 is 0 Å². The number of amides is 2. The molecule has 7 nitrogen and oxygen atoms in total. The first-order valence-corrected chi connectivity index (χ1v) is 8.50. The number of benzene rings is 1. The van der Waals surface area contributed by atoms with Crippen molar-refractivity contribution in [2.45, 2.75) is 19.9 Å². The van der Waals surface area contributed by atoms with Crippen molar-refractivity contribution in [3.8, 4) is 6.07 Å². The van der Waals surface area contributed by atoms with Crippen molar-refractivity contribution in [2.75, 3.05) is 38.1 Å². The van der Waals surface area contributed by atoms with Crippen LogP contribution in [0.25, 0.3) is 0 Å². The van der Waals surface area contributed by atoms with E-state index < -0.39 is 0 Å². The van der Waals surface area contributed by atoms with Crippen molar-refractivity contribution in [2.24, 2.45) is 0 Å². The van der Waals surface area contributed by atoms with Gasteiger partial charge in [0.1, 0.15) is 6.07 Å². The molecule has 2 rings (SSSR count). The number of nitrogens with zero attached hydrogens (tertiary/aromatic N) is 3. The Morgan fingerprint density at radius 1 is 1.36 bits per heavy atom. The second-order valence-electron chi connectivity index (χ2n) is 5.69. The van der Waals surface area contributed by atoms with Crippen LogP contribution in [-0.4, -0.2) is 60.6 Å². The molecule has 1 aromatic carbocycles. The summed E-state index contributed by atoms with van der Waals surface area (Å²) in [6, 6.07) is 6.40. The highest BCUT2D eigenvalue weighted by Gasteiger charge is 2.28. The smallest absolute Gasteiger partial charge is 0.409 e. The van der Waals surface area contributed by atoms with Crippen LogP contribution in [0.1, 0.15) is 19.4 Å². The maximum absolute atomic E-state index is 12.4. The number of halogens is 1. The van der Waals surface area contributed by atoms with Crippen molar-refractivity contribution < 1.29 is 14.3 Å².